The molecule has 0 aliphatic carbocycles. The number of carbonyl (C=O) groups is 3. The highest BCUT2D eigenvalue weighted by Gasteiger charge is 2.21. The van der Waals surface area contributed by atoms with Gasteiger partial charge in [0.05, 0.1) is 25.2 Å². The predicted molar refractivity (Wildman–Crippen MR) is 198 cm³/mol. The maximum Gasteiger partial charge on any atom is 0.272 e. The number of nitrogens with one attached hydrogen (secondary N) is 3. The van der Waals surface area contributed by atoms with Crippen LogP contribution in [-0.4, -0.2) is 42.2 Å². The average molecular weight is 713 g/mol. The summed E-state index contributed by atoms with van der Waals surface area (Å²) in [5.74, 6) is -0.168. The second-order valence-electron chi connectivity index (χ2n) is 10.5. The monoisotopic (exact) mass is 712 g/mol. The number of aromatic nitrogens is 1. The molecule has 0 radical (unpaired) electrons. The summed E-state index contributed by atoms with van der Waals surface area (Å²) in [5, 5.41) is 11.0. The van der Waals surface area contributed by atoms with Crippen molar-refractivity contribution in [2.75, 3.05) is 24.9 Å². The molecule has 1 aromatic heterocycles. The Bertz CT molecular complexity index is 1980. The summed E-state index contributed by atoms with van der Waals surface area (Å²) < 4.78 is 10.7. The number of thioether (sulfide) groups is 1. The minimum atomic E-state index is -0.538. The van der Waals surface area contributed by atoms with Gasteiger partial charge in [-0.1, -0.05) is 67.1 Å². The quantitative estimate of drug-likeness (QED) is 0.0829. The van der Waals surface area contributed by atoms with Gasteiger partial charge in [0.2, 0.25) is 5.91 Å². The summed E-state index contributed by atoms with van der Waals surface area (Å²) in [4.78, 5) is 45.3. The number of hydrogen-bond acceptors (Lipinski definition) is 8. The molecule has 0 bridgehead atoms. The van der Waals surface area contributed by atoms with Gasteiger partial charge in [0.15, 0.2) is 16.6 Å². The van der Waals surface area contributed by atoms with Crippen molar-refractivity contribution >= 4 is 69.3 Å². The van der Waals surface area contributed by atoms with E-state index < -0.39 is 17.1 Å². The van der Waals surface area contributed by atoms with Crippen molar-refractivity contribution in [3.8, 4) is 22.8 Å². The van der Waals surface area contributed by atoms with E-state index in [9.17, 15) is 14.4 Å². The maximum atomic E-state index is 13.7. The van der Waals surface area contributed by atoms with Gasteiger partial charge in [0.1, 0.15) is 5.70 Å². The molecule has 0 aliphatic heterocycles. The standard InChI is InChI=1S/C37H33ClN4O5S2/c1-4-33(36(45)42-37-41-30(22-48-37)27-15-8-9-16-28(27)38)49-26-14-10-13-25(21-26)39-35(44)29(40-34(43)24-11-6-5-7-12-24)19-23-17-18-31(46-2)32(20-23)47-3/h5-22,33H,4H2,1-3H3,(H,39,44)(H,40,43)(H,41,42,45)/b29-19+. The molecule has 49 heavy (non-hydrogen) atoms. The summed E-state index contributed by atoms with van der Waals surface area (Å²) in [5.41, 5.74) is 2.99. The van der Waals surface area contributed by atoms with E-state index in [0.717, 1.165) is 10.5 Å². The third-order valence-electron chi connectivity index (χ3n) is 7.17. The zero-order valence-electron chi connectivity index (χ0n) is 26.9. The second kappa shape index (κ2) is 16.8. The number of carbonyl (C=O) groups excluding carboxylic acids is 3. The van der Waals surface area contributed by atoms with Crippen LogP contribution in [0.1, 0.15) is 29.3 Å². The van der Waals surface area contributed by atoms with Crippen LogP contribution < -0.4 is 25.4 Å². The molecule has 4 aromatic carbocycles. The molecule has 0 fully saturated rings. The van der Waals surface area contributed by atoms with Crippen molar-refractivity contribution in [1.82, 2.24) is 10.3 Å². The molecule has 1 unspecified atom stereocenters. The molecular formula is C37H33ClN4O5S2. The number of amides is 3. The Morgan fingerprint density at radius 3 is 2.39 bits per heavy atom. The van der Waals surface area contributed by atoms with E-state index in [1.807, 2.05) is 36.6 Å². The van der Waals surface area contributed by atoms with Crippen LogP contribution in [0.4, 0.5) is 10.8 Å². The Morgan fingerprint density at radius 1 is 0.898 bits per heavy atom. The van der Waals surface area contributed by atoms with Gasteiger partial charge in [-0.2, -0.15) is 0 Å². The van der Waals surface area contributed by atoms with Gasteiger partial charge < -0.3 is 25.4 Å². The molecule has 12 heteroatoms. The van der Waals surface area contributed by atoms with E-state index in [1.165, 1.54) is 37.3 Å². The Balaban J connectivity index is 1.31. The van der Waals surface area contributed by atoms with E-state index in [0.29, 0.717) is 50.6 Å². The lowest BCUT2D eigenvalue weighted by molar-refractivity contribution is -0.116. The van der Waals surface area contributed by atoms with Crippen LogP contribution in [0, 0.1) is 0 Å². The summed E-state index contributed by atoms with van der Waals surface area (Å²) >= 11 is 9.02. The summed E-state index contributed by atoms with van der Waals surface area (Å²) in [6.07, 6.45) is 2.11. The lowest BCUT2D eigenvalue weighted by Gasteiger charge is -2.15. The highest BCUT2D eigenvalue weighted by atomic mass is 35.5. The molecule has 0 saturated heterocycles. The van der Waals surface area contributed by atoms with Crippen LogP contribution in [0.25, 0.3) is 17.3 Å². The van der Waals surface area contributed by atoms with Crippen LogP contribution in [0.15, 0.2) is 113 Å². The van der Waals surface area contributed by atoms with Gasteiger partial charge in [-0.15, -0.1) is 23.1 Å². The first-order valence-electron chi connectivity index (χ1n) is 15.2. The molecule has 0 spiro atoms. The Morgan fingerprint density at radius 2 is 1.65 bits per heavy atom. The first-order valence-corrected chi connectivity index (χ1v) is 17.3. The van der Waals surface area contributed by atoms with E-state index >= 15 is 0 Å². The van der Waals surface area contributed by atoms with E-state index in [-0.39, 0.29) is 11.6 Å². The normalized spacial score (nSPS) is 11.7. The van der Waals surface area contributed by atoms with Crippen LogP contribution in [0.5, 0.6) is 11.5 Å². The smallest absolute Gasteiger partial charge is 0.272 e. The van der Waals surface area contributed by atoms with Gasteiger partial charge in [-0.3, -0.25) is 14.4 Å². The third kappa shape index (κ3) is 9.29. The largest absolute Gasteiger partial charge is 0.493 e. The van der Waals surface area contributed by atoms with Gasteiger partial charge in [-0.25, -0.2) is 4.98 Å². The zero-order valence-corrected chi connectivity index (χ0v) is 29.2. The van der Waals surface area contributed by atoms with Crippen molar-refractivity contribution in [2.45, 2.75) is 23.5 Å². The van der Waals surface area contributed by atoms with E-state index in [2.05, 4.69) is 20.9 Å². The fourth-order valence-electron chi connectivity index (χ4n) is 4.69. The molecule has 1 atom stereocenters. The zero-order chi connectivity index (χ0) is 34.8. The number of ether oxygens (including phenoxy) is 2. The first-order chi connectivity index (χ1) is 23.8. The number of halogens is 1. The third-order valence-corrected chi connectivity index (χ3v) is 9.61. The number of rotatable bonds is 13. The number of thiazole rings is 1. The van der Waals surface area contributed by atoms with Gasteiger partial charge >= 0.3 is 0 Å². The summed E-state index contributed by atoms with van der Waals surface area (Å²) in [6, 6.07) is 28.4. The molecule has 5 rings (SSSR count). The molecule has 3 amide bonds. The number of benzene rings is 4. The van der Waals surface area contributed by atoms with Crippen molar-refractivity contribution in [3.63, 3.8) is 0 Å². The van der Waals surface area contributed by atoms with Crippen molar-refractivity contribution < 1.29 is 23.9 Å². The molecule has 0 saturated carbocycles. The lowest BCUT2D eigenvalue weighted by Crippen LogP contribution is -2.30. The Kier molecular flexibility index (Phi) is 12.1. The number of hydrogen-bond donors (Lipinski definition) is 3. The summed E-state index contributed by atoms with van der Waals surface area (Å²) in [6.45, 7) is 1.93. The number of anilines is 2. The molecule has 1 heterocycles. The van der Waals surface area contributed by atoms with E-state index in [4.69, 9.17) is 21.1 Å². The van der Waals surface area contributed by atoms with Crippen molar-refractivity contribution in [3.05, 3.63) is 124 Å². The maximum absolute atomic E-state index is 13.7. The van der Waals surface area contributed by atoms with Crippen LogP contribution in [-0.2, 0) is 9.59 Å². The topological polar surface area (TPSA) is 119 Å². The van der Waals surface area contributed by atoms with Crippen molar-refractivity contribution in [1.29, 1.82) is 0 Å². The fraction of sp³-hybridized carbons (Fsp3) is 0.135. The minimum absolute atomic E-state index is 0.0181. The molecule has 5 aromatic rings. The van der Waals surface area contributed by atoms with Crippen LogP contribution in [0.3, 0.4) is 0 Å². The van der Waals surface area contributed by atoms with Crippen LogP contribution >= 0.6 is 34.7 Å². The van der Waals surface area contributed by atoms with Crippen molar-refractivity contribution in [2.24, 2.45) is 0 Å². The van der Waals surface area contributed by atoms with Gasteiger partial charge in [0.25, 0.3) is 11.8 Å². The summed E-state index contributed by atoms with van der Waals surface area (Å²) in [7, 11) is 3.05. The highest BCUT2D eigenvalue weighted by Crippen LogP contribution is 2.33. The minimum Gasteiger partial charge on any atom is -0.493 e. The van der Waals surface area contributed by atoms with Gasteiger partial charge in [0, 0.05) is 32.1 Å². The fourth-order valence-corrected chi connectivity index (χ4v) is 6.65. The number of methoxy groups -OCH3 is 2. The average Bonchev–Trinajstić information content (AvgIpc) is 3.58. The van der Waals surface area contributed by atoms with E-state index in [1.54, 1.807) is 78.9 Å². The predicted octanol–water partition coefficient (Wildman–Crippen LogP) is 8.40. The molecule has 9 nitrogen and oxygen atoms in total. The SMILES string of the molecule is CCC(Sc1cccc(NC(=O)/C(=C\c2ccc(OC)c(OC)c2)NC(=O)c2ccccc2)c1)C(=O)Nc1nc(-c2ccccc2Cl)cs1. The number of nitrogens with zero attached hydrogens (tertiary/aromatic N) is 1. The Labute approximate surface area is 297 Å². The van der Waals surface area contributed by atoms with Crippen LogP contribution in [0.2, 0.25) is 5.02 Å². The highest BCUT2D eigenvalue weighted by molar-refractivity contribution is 8.00. The second-order valence-corrected chi connectivity index (χ2v) is 13.0. The molecule has 3 N–H and O–H groups in total. The molecule has 0 aliphatic rings. The first kappa shape index (κ1) is 35.2. The molecular weight excluding hydrogens is 680 g/mol. The Hall–Kier alpha value is -5.10. The molecule has 250 valence electrons. The lowest BCUT2D eigenvalue weighted by atomic mass is 10.1. The van der Waals surface area contributed by atoms with Gasteiger partial charge in [-0.05, 0) is 66.6 Å².